The molecule has 15 heteroatoms. The van der Waals surface area contributed by atoms with E-state index in [1.165, 1.54) is 66.0 Å². The fourth-order valence-corrected chi connectivity index (χ4v) is 7.94. The van der Waals surface area contributed by atoms with E-state index in [1.54, 1.807) is 42.5 Å². The SMILES string of the molecule is CC(=O)Nc1ccc(S(=O)(=O)N(CC(=O)N/N=C\c2ccc(CN(Cc3ccc(C)cc3)S(=O)(=O)c3ccc(Cl)cc3)o2)Cc2ccccc2)cc1. The zero-order valence-corrected chi connectivity index (χ0v) is 30.7. The molecule has 0 saturated carbocycles. The Hall–Kier alpha value is -5.12. The first kappa shape index (κ1) is 38.1. The first-order valence-electron chi connectivity index (χ1n) is 15.9. The van der Waals surface area contributed by atoms with Crippen LogP contribution in [0.4, 0.5) is 5.69 Å². The van der Waals surface area contributed by atoms with Gasteiger partial charge in [-0.3, -0.25) is 9.59 Å². The van der Waals surface area contributed by atoms with E-state index < -0.39 is 32.5 Å². The van der Waals surface area contributed by atoms with Gasteiger partial charge in [-0.05, 0) is 78.7 Å². The maximum absolute atomic E-state index is 13.7. The van der Waals surface area contributed by atoms with Gasteiger partial charge >= 0.3 is 0 Å². The molecule has 12 nitrogen and oxygen atoms in total. The predicted molar refractivity (Wildman–Crippen MR) is 198 cm³/mol. The molecule has 0 fully saturated rings. The lowest BCUT2D eigenvalue weighted by Crippen LogP contribution is -2.39. The molecule has 0 unspecified atom stereocenters. The fourth-order valence-electron chi connectivity index (χ4n) is 5.04. The summed E-state index contributed by atoms with van der Waals surface area (Å²) in [4.78, 5) is 24.4. The Morgan fingerprint density at radius 3 is 1.94 bits per heavy atom. The van der Waals surface area contributed by atoms with Gasteiger partial charge in [0.2, 0.25) is 26.0 Å². The van der Waals surface area contributed by atoms with Gasteiger partial charge in [0.15, 0.2) is 0 Å². The van der Waals surface area contributed by atoms with Crippen molar-refractivity contribution in [1.82, 2.24) is 14.0 Å². The number of hydrazone groups is 1. The number of amides is 2. The van der Waals surface area contributed by atoms with Gasteiger partial charge in [0.1, 0.15) is 11.5 Å². The summed E-state index contributed by atoms with van der Waals surface area (Å²) in [6.07, 6.45) is 1.23. The molecule has 0 aliphatic carbocycles. The van der Waals surface area contributed by atoms with E-state index >= 15 is 0 Å². The second-order valence-electron chi connectivity index (χ2n) is 11.8. The Labute approximate surface area is 307 Å². The number of carbonyl (C=O) groups is 2. The number of nitrogens with one attached hydrogen (secondary N) is 2. The van der Waals surface area contributed by atoms with Gasteiger partial charge < -0.3 is 9.73 Å². The summed E-state index contributed by atoms with van der Waals surface area (Å²) in [5.74, 6) is -0.466. The maximum atomic E-state index is 13.7. The average Bonchev–Trinajstić information content (AvgIpc) is 3.56. The molecule has 0 radical (unpaired) electrons. The Balaban J connectivity index is 1.28. The zero-order valence-electron chi connectivity index (χ0n) is 28.3. The van der Waals surface area contributed by atoms with Gasteiger partial charge in [-0.15, -0.1) is 0 Å². The van der Waals surface area contributed by atoms with Crippen LogP contribution in [0, 0.1) is 6.92 Å². The van der Waals surface area contributed by atoms with Gasteiger partial charge in [0.05, 0.1) is 29.1 Å². The first-order valence-corrected chi connectivity index (χ1v) is 19.2. The summed E-state index contributed by atoms with van der Waals surface area (Å²) in [5.41, 5.74) is 5.25. The lowest BCUT2D eigenvalue weighted by atomic mass is 10.1. The minimum Gasteiger partial charge on any atom is -0.459 e. The van der Waals surface area contributed by atoms with Crippen LogP contribution in [0.2, 0.25) is 5.02 Å². The highest BCUT2D eigenvalue weighted by molar-refractivity contribution is 7.89. The van der Waals surface area contributed by atoms with E-state index in [-0.39, 0.29) is 41.1 Å². The summed E-state index contributed by atoms with van der Waals surface area (Å²) >= 11 is 6.00. The van der Waals surface area contributed by atoms with Crippen LogP contribution in [0.1, 0.15) is 35.1 Å². The third-order valence-electron chi connectivity index (χ3n) is 7.66. The van der Waals surface area contributed by atoms with E-state index in [0.717, 1.165) is 15.4 Å². The number of sulfonamides is 2. The van der Waals surface area contributed by atoms with Crippen LogP contribution in [0.3, 0.4) is 0 Å². The standard InChI is InChI=1S/C37H36ClN5O7S2/c1-27-8-10-30(11-9-27)24-42(51(46,47)35-18-12-31(38)13-19-35)25-34-17-16-33(50-34)22-39-41-37(45)26-43(23-29-6-4-3-5-7-29)52(48,49)36-20-14-32(15-21-36)40-28(2)44/h3-22H,23-26H2,1-2H3,(H,40,44)(H,41,45)/b39-22-. The summed E-state index contributed by atoms with van der Waals surface area (Å²) in [7, 11) is -8.12. The molecule has 0 bridgehead atoms. The highest BCUT2D eigenvalue weighted by Gasteiger charge is 2.28. The molecule has 0 aliphatic rings. The van der Waals surface area contributed by atoms with Gasteiger partial charge in [-0.2, -0.15) is 13.7 Å². The topological polar surface area (TPSA) is 158 Å². The Bertz CT molecular complexity index is 2240. The largest absolute Gasteiger partial charge is 0.459 e. The van der Waals surface area contributed by atoms with Gasteiger partial charge in [0.25, 0.3) is 5.91 Å². The molecule has 1 aromatic heterocycles. The number of nitrogens with zero attached hydrogens (tertiary/aromatic N) is 3. The van der Waals surface area contributed by atoms with Gasteiger partial charge in [-0.1, -0.05) is 71.8 Å². The molecule has 1 heterocycles. The van der Waals surface area contributed by atoms with Crippen molar-refractivity contribution in [3.05, 3.63) is 148 Å². The van der Waals surface area contributed by atoms with Crippen molar-refractivity contribution in [2.75, 3.05) is 11.9 Å². The Morgan fingerprint density at radius 2 is 1.31 bits per heavy atom. The summed E-state index contributed by atoms with van der Waals surface area (Å²) < 4.78 is 62.9. The van der Waals surface area contributed by atoms with E-state index in [2.05, 4.69) is 15.8 Å². The number of benzene rings is 4. The van der Waals surface area contributed by atoms with Gasteiger partial charge in [0, 0.05) is 30.7 Å². The molecule has 5 aromatic rings. The number of furan rings is 1. The van der Waals surface area contributed by atoms with Crippen LogP contribution in [0.5, 0.6) is 0 Å². The number of hydrogen-bond donors (Lipinski definition) is 2. The van der Waals surface area contributed by atoms with Crippen LogP contribution in [0.15, 0.2) is 135 Å². The number of anilines is 1. The Kier molecular flexibility index (Phi) is 12.4. The number of carbonyl (C=O) groups excluding carboxylic acids is 2. The third-order valence-corrected chi connectivity index (χ3v) is 11.5. The minimum absolute atomic E-state index is 0.0635. The molecule has 4 aromatic carbocycles. The molecule has 0 saturated heterocycles. The third kappa shape index (κ3) is 10.2. The molecule has 52 heavy (non-hydrogen) atoms. The number of hydrogen-bond acceptors (Lipinski definition) is 8. The molecule has 0 spiro atoms. The van der Waals surface area contributed by atoms with E-state index in [4.69, 9.17) is 16.0 Å². The van der Waals surface area contributed by atoms with Crippen LogP contribution < -0.4 is 10.7 Å². The van der Waals surface area contributed by atoms with Crippen molar-refractivity contribution in [2.45, 2.75) is 43.3 Å². The monoisotopic (exact) mass is 761 g/mol. The highest BCUT2D eigenvalue weighted by atomic mass is 35.5. The van der Waals surface area contributed by atoms with Crippen molar-refractivity contribution in [1.29, 1.82) is 0 Å². The molecular weight excluding hydrogens is 726 g/mol. The molecule has 270 valence electrons. The van der Waals surface area contributed by atoms with Crippen LogP contribution in [-0.2, 0) is 49.3 Å². The summed E-state index contributed by atoms with van der Waals surface area (Å²) in [5, 5.41) is 6.94. The van der Waals surface area contributed by atoms with Gasteiger partial charge in [-0.25, -0.2) is 22.3 Å². The fraction of sp³-hybridized carbons (Fsp3) is 0.162. The normalized spacial score (nSPS) is 12.0. The molecule has 2 amide bonds. The number of aryl methyl sites for hydroxylation is 1. The molecule has 5 rings (SSSR count). The maximum Gasteiger partial charge on any atom is 0.255 e. The Morgan fingerprint density at radius 1 is 0.731 bits per heavy atom. The van der Waals surface area contributed by atoms with Crippen LogP contribution >= 0.6 is 11.6 Å². The summed E-state index contributed by atoms with van der Waals surface area (Å²) in [6, 6.07) is 31.1. The molecule has 0 aliphatic heterocycles. The van der Waals surface area contributed by atoms with E-state index in [9.17, 15) is 26.4 Å². The van der Waals surface area contributed by atoms with Crippen molar-refractivity contribution in [3.8, 4) is 0 Å². The second kappa shape index (κ2) is 16.9. The van der Waals surface area contributed by atoms with Crippen molar-refractivity contribution in [3.63, 3.8) is 0 Å². The predicted octanol–water partition coefficient (Wildman–Crippen LogP) is 5.93. The average molecular weight is 762 g/mol. The van der Waals surface area contributed by atoms with Crippen LogP contribution in [0.25, 0.3) is 0 Å². The lowest BCUT2D eigenvalue weighted by molar-refractivity contribution is -0.121. The smallest absolute Gasteiger partial charge is 0.255 e. The molecule has 2 N–H and O–H groups in total. The lowest BCUT2D eigenvalue weighted by Gasteiger charge is -2.22. The molecule has 0 atom stereocenters. The van der Waals surface area contributed by atoms with E-state index in [0.29, 0.717) is 22.0 Å². The number of halogens is 1. The van der Waals surface area contributed by atoms with Crippen molar-refractivity contribution >= 4 is 55.4 Å². The van der Waals surface area contributed by atoms with E-state index in [1.807, 2.05) is 31.2 Å². The first-order chi connectivity index (χ1) is 24.8. The molecular formula is C37H36ClN5O7S2. The summed E-state index contributed by atoms with van der Waals surface area (Å²) in [6.45, 7) is 2.62. The minimum atomic E-state index is -4.16. The quantitative estimate of drug-likeness (QED) is 0.0989. The van der Waals surface area contributed by atoms with Crippen molar-refractivity contribution < 1.29 is 30.8 Å². The zero-order chi connectivity index (χ0) is 37.3. The van der Waals surface area contributed by atoms with Crippen molar-refractivity contribution in [2.24, 2.45) is 5.10 Å². The van der Waals surface area contributed by atoms with Crippen LogP contribution in [-0.4, -0.2) is 50.0 Å². The highest BCUT2D eigenvalue weighted by Crippen LogP contribution is 2.24. The second-order valence-corrected chi connectivity index (χ2v) is 16.1. The number of rotatable bonds is 15.